The first-order valence-corrected chi connectivity index (χ1v) is 9.73. The van der Waals surface area contributed by atoms with Crippen molar-refractivity contribution >= 4 is 24.0 Å². The van der Waals surface area contributed by atoms with E-state index in [9.17, 15) is 39.9 Å². The van der Waals surface area contributed by atoms with Crippen molar-refractivity contribution in [2.75, 3.05) is 31.6 Å². The Morgan fingerprint density at radius 3 is 2.15 bits per heavy atom. The third-order valence-corrected chi connectivity index (χ3v) is 5.19. The number of amides is 1. The number of likely N-dealkylation sites (N-methyl/N-ethyl adjacent to an activating group) is 1. The van der Waals surface area contributed by atoms with E-state index in [-0.39, 0.29) is 42.8 Å². The van der Waals surface area contributed by atoms with E-state index < -0.39 is 53.6 Å². The number of alkyl halides is 6. The molecule has 1 aliphatic rings. The Bertz CT molecular complexity index is 996. The van der Waals surface area contributed by atoms with Crippen LogP contribution >= 0.6 is 12.4 Å². The predicted molar refractivity (Wildman–Crippen MR) is 111 cm³/mol. The van der Waals surface area contributed by atoms with Crippen LogP contribution in [0.2, 0.25) is 0 Å². The zero-order valence-corrected chi connectivity index (χ0v) is 18.4. The molecule has 0 radical (unpaired) electrons. The fourth-order valence-electron chi connectivity index (χ4n) is 3.64. The quantitative estimate of drug-likeness (QED) is 0.589. The van der Waals surface area contributed by atoms with Crippen molar-refractivity contribution in [3.8, 4) is 0 Å². The van der Waals surface area contributed by atoms with Crippen LogP contribution in [0.5, 0.6) is 0 Å². The monoisotopic (exact) mass is 517 g/mol. The standard InChI is InChI=1S/C21H19F8N3O.ClH/c1-31(11-12-6-13(20(24,25)26)8-14(7-12)21(27,28)29)19(33)18-10-30-4-5-32(18)17-3-2-15(22)9-16(17)23;/h2-3,6-9,18,30H,4-5,10-11H2,1H3;1H. The Labute approximate surface area is 195 Å². The van der Waals surface area contributed by atoms with E-state index in [0.717, 1.165) is 11.0 Å². The molecule has 1 amide bonds. The van der Waals surface area contributed by atoms with Crippen LogP contribution in [0.15, 0.2) is 36.4 Å². The lowest BCUT2D eigenvalue weighted by Gasteiger charge is -2.38. The Kier molecular flexibility index (Phi) is 8.41. The molecule has 13 heteroatoms. The molecule has 0 aliphatic carbocycles. The van der Waals surface area contributed by atoms with Gasteiger partial charge >= 0.3 is 12.4 Å². The van der Waals surface area contributed by atoms with Gasteiger partial charge in [0.05, 0.1) is 16.8 Å². The number of nitrogens with zero attached hydrogens (tertiary/aromatic N) is 2. The first-order chi connectivity index (χ1) is 15.3. The Balaban J connectivity index is 0.00000408. The molecular formula is C21H20ClF8N3O. The molecule has 2 aromatic rings. The van der Waals surface area contributed by atoms with Gasteiger partial charge in [0.2, 0.25) is 5.91 Å². The van der Waals surface area contributed by atoms with Crippen molar-refractivity contribution in [1.82, 2.24) is 10.2 Å². The summed E-state index contributed by atoms with van der Waals surface area (Å²) in [6.07, 6.45) is -10.0. The summed E-state index contributed by atoms with van der Waals surface area (Å²) < 4.78 is 106. The molecule has 1 unspecified atom stereocenters. The van der Waals surface area contributed by atoms with E-state index in [2.05, 4.69) is 5.32 Å². The number of halogens is 9. The van der Waals surface area contributed by atoms with Crippen LogP contribution in [0.4, 0.5) is 40.8 Å². The predicted octanol–water partition coefficient (Wildman–Crippen LogP) is 4.86. The molecule has 1 atom stereocenters. The third-order valence-electron chi connectivity index (χ3n) is 5.19. The number of piperazine rings is 1. The van der Waals surface area contributed by atoms with Crippen molar-refractivity contribution in [3.63, 3.8) is 0 Å². The summed E-state index contributed by atoms with van der Waals surface area (Å²) in [6.45, 7) is 0.0694. The molecule has 188 valence electrons. The highest BCUT2D eigenvalue weighted by atomic mass is 35.5. The zero-order valence-electron chi connectivity index (χ0n) is 17.6. The molecule has 1 fully saturated rings. The van der Waals surface area contributed by atoms with Crippen LogP contribution in [-0.4, -0.2) is 43.5 Å². The van der Waals surface area contributed by atoms with Crippen LogP contribution in [-0.2, 0) is 23.7 Å². The van der Waals surface area contributed by atoms with Crippen LogP contribution in [0.25, 0.3) is 0 Å². The highest BCUT2D eigenvalue weighted by Gasteiger charge is 2.37. The van der Waals surface area contributed by atoms with Gasteiger partial charge in [-0.3, -0.25) is 4.79 Å². The molecule has 4 nitrogen and oxygen atoms in total. The van der Waals surface area contributed by atoms with Gasteiger partial charge < -0.3 is 15.1 Å². The van der Waals surface area contributed by atoms with Crippen molar-refractivity contribution in [3.05, 3.63) is 64.7 Å². The van der Waals surface area contributed by atoms with Gasteiger partial charge in [-0.05, 0) is 35.9 Å². The summed E-state index contributed by atoms with van der Waals surface area (Å²) in [4.78, 5) is 15.4. The molecule has 0 spiro atoms. The van der Waals surface area contributed by atoms with Crippen LogP contribution < -0.4 is 10.2 Å². The Hall–Kier alpha value is -2.60. The Morgan fingerprint density at radius 1 is 1.03 bits per heavy atom. The molecule has 34 heavy (non-hydrogen) atoms. The molecule has 0 bridgehead atoms. The third kappa shape index (κ3) is 6.29. The molecule has 3 rings (SSSR count). The molecule has 2 aromatic carbocycles. The first kappa shape index (κ1) is 27.6. The summed E-state index contributed by atoms with van der Waals surface area (Å²) >= 11 is 0. The number of anilines is 1. The topological polar surface area (TPSA) is 35.6 Å². The van der Waals surface area contributed by atoms with Crippen LogP contribution in [0, 0.1) is 11.6 Å². The molecule has 1 N–H and O–H groups in total. The summed E-state index contributed by atoms with van der Waals surface area (Å²) in [6, 6.07) is 2.95. The minimum Gasteiger partial charge on any atom is -0.355 e. The molecule has 0 aromatic heterocycles. The second-order valence-electron chi connectivity index (χ2n) is 7.62. The number of carbonyl (C=O) groups excluding carboxylic acids is 1. The second-order valence-corrected chi connectivity index (χ2v) is 7.62. The number of hydrogen-bond acceptors (Lipinski definition) is 3. The van der Waals surface area contributed by atoms with E-state index in [1.807, 2.05) is 0 Å². The zero-order chi connectivity index (χ0) is 24.6. The summed E-state index contributed by atoms with van der Waals surface area (Å²) in [5, 5.41) is 2.94. The van der Waals surface area contributed by atoms with Gasteiger partial charge in [0.15, 0.2) is 0 Å². The molecule has 1 heterocycles. The van der Waals surface area contributed by atoms with Crippen molar-refractivity contribution in [2.45, 2.75) is 24.9 Å². The number of rotatable bonds is 4. The molecule has 1 aliphatic heterocycles. The van der Waals surface area contributed by atoms with Gasteiger partial charge in [0, 0.05) is 39.3 Å². The number of hydrogen-bond donors (Lipinski definition) is 1. The maximum absolute atomic E-state index is 14.3. The SMILES string of the molecule is CN(Cc1cc(C(F)(F)F)cc(C(F)(F)F)c1)C(=O)C1CNCCN1c1ccc(F)cc1F.Cl. The van der Waals surface area contributed by atoms with E-state index in [0.29, 0.717) is 24.7 Å². The van der Waals surface area contributed by atoms with Gasteiger partial charge in [-0.1, -0.05) is 0 Å². The smallest absolute Gasteiger partial charge is 0.355 e. The number of carbonyl (C=O) groups is 1. The van der Waals surface area contributed by atoms with E-state index in [4.69, 9.17) is 0 Å². The summed E-state index contributed by atoms with van der Waals surface area (Å²) in [7, 11) is 1.23. The average Bonchev–Trinajstić information content (AvgIpc) is 2.72. The minimum absolute atomic E-state index is 0. The molecular weight excluding hydrogens is 498 g/mol. The number of nitrogens with one attached hydrogen (secondary N) is 1. The van der Waals surface area contributed by atoms with Gasteiger partial charge in [0.25, 0.3) is 0 Å². The molecule has 0 saturated carbocycles. The maximum Gasteiger partial charge on any atom is 0.416 e. The maximum atomic E-state index is 14.3. The van der Waals surface area contributed by atoms with Gasteiger partial charge in [-0.15, -0.1) is 12.4 Å². The lowest BCUT2D eigenvalue weighted by atomic mass is 10.0. The number of benzene rings is 2. The van der Waals surface area contributed by atoms with Gasteiger partial charge in [-0.2, -0.15) is 26.3 Å². The largest absolute Gasteiger partial charge is 0.416 e. The van der Waals surface area contributed by atoms with Crippen LogP contribution in [0.3, 0.4) is 0 Å². The second kappa shape index (κ2) is 10.3. The fraction of sp³-hybridized carbons (Fsp3) is 0.381. The van der Waals surface area contributed by atoms with E-state index in [1.54, 1.807) is 0 Å². The summed E-state index contributed by atoms with van der Waals surface area (Å²) in [5.74, 6) is -2.36. The summed E-state index contributed by atoms with van der Waals surface area (Å²) in [5.41, 5.74) is -3.37. The normalized spacial score (nSPS) is 16.7. The molecule has 1 saturated heterocycles. The van der Waals surface area contributed by atoms with Gasteiger partial charge in [0.1, 0.15) is 17.7 Å². The van der Waals surface area contributed by atoms with Crippen molar-refractivity contribution in [1.29, 1.82) is 0 Å². The van der Waals surface area contributed by atoms with Crippen molar-refractivity contribution < 1.29 is 39.9 Å². The van der Waals surface area contributed by atoms with Crippen LogP contribution in [0.1, 0.15) is 16.7 Å². The highest BCUT2D eigenvalue weighted by molar-refractivity contribution is 5.86. The fourth-order valence-corrected chi connectivity index (χ4v) is 3.64. The lowest BCUT2D eigenvalue weighted by molar-refractivity contribution is -0.143. The average molecular weight is 518 g/mol. The van der Waals surface area contributed by atoms with E-state index >= 15 is 0 Å². The van der Waals surface area contributed by atoms with Crippen molar-refractivity contribution in [2.24, 2.45) is 0 Å². The highest BCUT2D eigenvalue weighted by Crippen LogP contribution is 2.36. The first-order valence-electron chi connectivity index (χ1n) is 9.73. The van der Waals surface area contributed by atoms with Gasteiger partial charge in [-0.25, -0.2) is 8.78 Å². The Morgan fingerprint density at radius 2 is 1.62 bits per heavy atom. The lowest BCUT2D eigenvalue weighted by Crippen LogP contribution is -2.58. The van der Waals surface area contributed by atoms with E-state index in [1.165, 1.54) is 18.0 Å². The minimum atomic E-state index is -5.01.